The standard InChI is InChI=1S/C21H25F3N2O3S.ClH/c22-21(23,24)12-6-16-30(27,28)26(18-8-2-1-3-9-18)29-20(14-15-25)13-11-17-7-4-5-10-19(17)20;/h1-5,7-10H,6,11-16,25H2;1H. The molecule has 0 bridgehead atoms. The number of rotatable bonds is 9. The number of anilines is 1. The maximum atomic E-state index is 13.1. The summed E-state index contributed by atoms with van der Waals surface area (Å²) >= 11 is 0. The molecule has 10 heteroatoms. The van der Waals surface area contributed by atoms with Crippen molar-refractivity contribution < 1.29 is 26.4 Å². The van der Waals surface area contributed by atoms with Gasteiger partial charge in [0.25, 0.3) is 10.0 Å². The first-order valence-electron chi connectivity index (χ1n) is 9.79. The van der Waals surface area contributed by atoms with Crippen molar-refractivity contribution in [3.8, 4) is 0 Å². The molecular formula is C21H26ClF3N2O3S. The van der Waals surface area contributed by atoms with Crippen LogP contribution in [0.5, 0.6) is 0 Å². The van der Waals surface area contributed by atoms with Crippen molar-refractivity contribution in [2.45, 2.75) is 43.9 Å². The number of alkyl halides is 3. The van der Waals surface area contributed by atoms with Crippen LogP contribution in [0.4, 0.5) is 18.9 Å². The van der Waals surface area contributed by atoms with Gasteiger partial charge in [0.05, 0.1) is 11.4 Å². The lowest BCUT2D eigenvalue weighted by molar-refractivity contribution is -0.134. The minimum Gasteiger partial charge on any atom is -0.330 e. The summed E-state index contributed by atoms with van der Waals surface area (Å²) < 4.78 is 64.6. The molecule has 0 saturated carbocycles. The zero-order valence-electron chi connectivity index (χ0n) is 16.8. The van der Waals surface area contributed by atoms with Crippen LogP contribution < -0.4 is 10.2 Å². The van der Waals surface area contributed by atoms with Crippen LogP contribution >= 0.6 is 12.4 Å². The van der Waals surface area contributed by atoms with Crippen molar-refractivity contribution in [3.05, 3.63) is 65.7 Å². The van der Waals surface area contributed by atoms with Gasteiger partial charge in [-0.05, 0) is 55.5 Å². The second kappa shape index (κ2) is 10.2. The fourth-order valence-electron chi connectivity index (χ4n) is 3.80. The maximum absolute atomic E-state index is 13.1. The average Bonchev–Trinajstić information content (AvgIpc) is 3.05. The van der Waals surface area contributed by atoms with E-state index < -0.39 is 40.4 Å². The van der Waals surface area contributed by atoms with Crippen molar-refractivity contribution in [1.29, 1.82) is 0 Å². The summed E-state index contributed by atoms with van der Waals surface area (Å²) in [6.45, 7) is 0.269. The summed E-state index contributed by atoms with van der Waals surface area (Å²) in [7, 11) is -4.17. The normalized spacial score (nSPS) is 18.3. The molecule has 0 aromatic heterocycles. The second-order valence-corrected chi connectivity index (χ2v) is 9.28. The predicted octanol–water partition coefficient (Wildman–Crippen LogP) is 4.71. The SMILES string of the molecule is Cl.NCCC1(ON(c2ccccc2)S(=O)(=O)CCCC(F)(F)F)CCc2ccccc21. The number of para-hydroxylation sites is 1. The fourth-order valence-corrected chi connectivity index (χ4v) is 5.18. The van der Waals surface area contributed by atoms with E-state index in [0.717, 1.165) is 15.6 Å². The molecule has 0 saturated heterocycles. The summed E-state index contributed by atoms with van der Waals surface area (Å²) in [5, 5.41) is 0. The van der Waals surface area contributed by atoms with E-state index in [-0.39, 0.29) is 24.6 Å². The molecule has 0 fully saturated rings. The zero-order chi connectivity index (χ0) is 21.8. The average molecular weight is 479 g/mol. The molecule has 31 heavy (non-hydrogen) atoms. The minimum absolute atomic E-state index is 0. The predicted molar refractivity (Wildman–Crippen MR) is 116 cm³/mol. The smallest absolute Gasteiger partial charge is 0.330 e. The Hall–Kier alpha value is -1.81. The Labute approximate surface area is 186 Å². The summed E-state index contributed by atoms with van der Waals surface area (Å²) in [4.78, 5) is 6.18. The molecular weight excluding hydrogens is 453 g/mol. The van der Waals surface area contributed by atoms with Gasteiger partial charge in [0.15, 0.2) is 0 Å². The number of sulfonamides is 1. The van der Waals surface area contributed by atoms with Gasteiger partial charge in [0.1, 0.15) is 5.60 Å². The molecule has 1 aliphatic rings. The summed E-state index contributed by atoms with van der Waals surface area (Å²) in [5.74, 6) is -0.679. The van der Waals surface area contributed by atoms with E-state index >= 15 is 0 Å². The van der Waals surface area contributed by atoms with Crippen LogP contribution in [0.25, 0.3) is 0 Å². The Balaban J connectivity index is 0.00000341. The molecule has 3 rings (SSSR count). The van der Waals surface area contributed by atoms with E-state index in [9.17, 15) is 21.6 Å². The number of halogens is 4. The third-order valence-electron chi connectivity index (χ3n) is 5.19. The molecule has 2 aromatic rings. The van der Waals surface area contributed by atoms with Gasteiger partial charge in [-0.2, -0.15) is 13.2 Å². The van der Waals surface area contributed by atoms with E-state index in [1.165, 1.54) is 0 Å². The molecule has 0 heterocycles. The first-order chi connectivity index (χ1) is 14.2. The van der Waals surface area contributed by atoms with Gasteiger partial charge in [-0.25, -0.2) is 13.3 Å². The largest absolute Gasteiger partial charge is 0.389 e. The Morgan fingerprint density at radius 3 is 2.35 bits per heavy atom. The first-order valence-corrected chi connectivity index (χ1v) is 11.4. The van der Waals surface area contributed by atoms with E-state index in [0.29, 0.717) is 19.3 Å². The van der Waals surface area contributed by atoms with Crippen LogP contribution in [0.1, 0.15) is 36.8 Å². The molecule has 2 N–H and O–H groups in total. The van der Waals surface area contributed by atoms with Crippen LogP contribution in [-0.4, -0.2) is 26.9 Å². The van der Waals surface area contributed by atoms with Gasteiger partial charge < -0.3 is 5.73 Å². The van der Waals surface area contributed by atoms with Gasteiger partial charge >= 0.3 is 6.18 Å². The summed E-state index contributed by atoms with van der Waals surface area (Å²) in [6.07, 6.45) is -4.52. The van der Waals surface area contributed by atoms with Crippen LogP contribution in [0.3, 0.4) is 0 Å². The highest BCUT2D eigenvalue weighted by atomic mass is 35.5. The van der Waals surface area contributed by atoms with E-state index in [1.807, 2.05) is 24.3 Å². The van der Waals surface area contributed by atoms with Gasteiger partial charge in [-0.1, -0.05) is 42.5 Å². The molecule has 1 aliphatic carbocycles. The van der Waals surface area contributed by atoms with Gasteiger partial charge in [0, 0.05) is 6.42 Å². The molecule has 2 aromatic carbocycles. The molecule has 172 valence electrons. The van der Waals surface area contributed by atoms with Crippen molar-refractivity contribution >= 4 is 28.1 Å². The maximum Gasteiger partial charge on any atom is 0.389 e. The number of fused-ring (bicyclic) bond motifs is 1. The molecule has 5 nitrogen and oxygen atoms in total. The van der Waals surface area contributed by atoms with Gasteiger partial charge in [-0.15, -0.1) is 16.9 Å². The number of benzene rings is 2. The fraction of sp³-hybridized carbons (Fsp3) is 0.429. The lowest BCUT2D eigenvalue weighted by Gasteiger charge is -2.36. The van der Waals surface area contributed by atoms with Crippen LogP contribution in [0, 0.1) is 0 Å². The van der Waals surface area contributed by atoms with Crippen LogP contribution in [-0.2, 0) is 26.9 Å². The number of nitrogens with two attached hydrogens (primary N) is 1. The quantitative estimate of drug-likeness (QED) is 0.530. The van der Waals surface area contributed by atoms with Crippen molar-refractivity contribution in [2.75, 3.05) is 16.8 Å². The van der Waals surface area contributed by atoms with E-state index in [2.05, 4.69) is 0 Å². The second-order valence-electron chi connectivity index (χ2n) is 7.38. The van der Waals surface area contributed by atoms with Crippen LogP contribution in [0.2, 0.25) is 0 Å². The Morgan fingerprint density at radius 2 is 1.71 bits per heavy atom. The van der Waals surface area contributed by atoms with Crippen LogP contribution in [0.15, 0.2) is 54.6 Å². The highest BCUT2D eigenvalue weighted by molar-refractivity contribution is 7.92. The van der Waals surface area contributed by atoms with Gasteiger partial charge in [-0.3, -0.25) is 0 Å². The van der Waals surface area contributed by atoms with E-state index in [1.54, 1.807) is 30.3 Å². The number of aryl methyl sites for hydroxylation is 1. The van der Waals surface area contributed by atoms with Gasteiger partial charge in [0.2, 0.25) is 0 Å². The summed E-state index contributed by atoms with van der Waals surface area (Å²) in [6, 6.07) is 15.7. The minimum atomic E-state index is -4.42. The molecule has 0 aliphatic heterocycles. The third-order valence-corrected chi connectivity index (χ3v) is 6.79. The van der Waals surface area contributed by atoms with Crippen molar-refractivity contribution in [2.24, 2.45) is 5.73 Å². The first kappa shape index (κ1) is 25.5. The van der Waals surface area contributed by atoms with Crippen molar-refractivity contribution in [1.82, 2.24) is 0 Å². The van der Waals surface area contributed by atoms with Crippen molar-refractivity contribution in [3.63, 3.8) is 0 Å². The lowest BCUT2D eigenvalue weighted by atomic mass is 9.92. The topological polar surface area (TPSA) is 72.6 Å². The Morgan fingerprint density at radius 1 is 1.06 bits per heavy atom. The summed E-state index contributed by atoms with van der Waals surface area (Å²) in [5.41, 5.74) is 7.02. The van der Waals surface area contributed by atoms with E-state index in [4.69, 9.17) is 10.6 Å². The molecule has 1 unspecified atom stereocenters. The molecule has 0 spiro atoms. The molecule has 0 radical (unpaired) electrons. The highest BCUT2D eigenvalue weighted by Gasteiger charge is 2.43. The third kappa shape index (κ3) is 6.12. The number of hydrogen-bond donors (Lipinski definition) is 1. The monoisotopic (exact) mass is 478 g/mol. The Bertz CT molecular complexity index is 954. The lowest BCUT2D eigenvalue weighted by Crippen LogP contribution is -2.43. The molecule has 1 atom stereocenters. The number of hydrogen-bond acceptors (Lipinski definition) is 4. The molecule has 0 amide bonds. The zero-order valence-corrected chi connectivity index (χ0v) is 18.5. The number of nitrogens with zero attached hydrogens (tertiary/aromatic N) is 1. The Kier molecular flexibility index (Phi) is 8.38. The highest BCUT2D eigenvalue weighted by Crippen LogP contribution is 2.44.